The van der Waals surface area contributed by atoms with Crippen LogP contribution in [0.15, 0.2) is 42.6 Å². The van der Waals surface area contributed by atoms with E-state index in [1.807, 2.05) is 12.3 Å². The summed E-state index contributed by atoms with van der Waals surface area (Å²) in [4.78, 5) is 13.3. The van der Waals surface area contributed by atoms with Crippen LogP contribution in [0.3, 0.4) is 0 Å². The minimum atomic E-state index is -0.0382. The topological polar surface area (TPSA) is 61.1 Å². The zero-order valence-electron chi connectivity index (χ0n) is 25.8. The summed E-state index contributed by atoms with van der Waals surface area (Å²) in [6.45, 7) is 7.09. The predicted molar refractivity (Wildman–Crippen MR) is 178 cm³/mol. The maximum absolute atomic E-state index is 13.3. The first-order chi connectivity index (χ1) is 20.9. The average Bonchev–Trinajstić information content (AvgIpc) is 3.46. The van der Waals surface area contributed by atoms with Gasteiger partial charge in [0.2, 0.25) is 0 Å². The number of methoxy groups -OCH3 is 1. The number of aryl methyl sites for hydroxylation is 1. The van der Waals surface area contributed by atoms with Gasteiger partial charge in [0.05, 0.1) is 37.3 Å². The van der Waals surface area contributed by atoms with Gasteiger partial charge in [-0.1, -0.05) is 39.2 Å². The number of aromatic nitrogens is 3. The van der Waals surface area contributed by atoms with Crippen molar-refractivity contribution in [3.8, 4) is 17.0 Å². The van der Waals surface area contributed by atoms with E-state index in [0.717, 1.165) is 17.8 Å². The second kappa shape index (κ2) is 11.6. The molecule has 0 atom stereocenters. The average molecular weight is 595 g/mol. The first kappa shape index (κ1) is 28.3. The van der Waals surface area contributed by atoms with Crippen LogP contribution in [0.1, 0.15) is 110 Å². The van der Waals surface area contributed by atoms with Crippen LogP contribution in [-0.2, 0) is 6.54 Å². The van der Waals surface area contributed by atoms with Gasteiger partial charge >= 0.3 is 0 Å². The number of carbonyl (C=O) groups excluding carboxylic acids is 1. The quantitative estimate of drug-likeness (QED) is 0.217. The summed E-state index contributed by atoms with van der Waals surface area (Å²) in [6, 6.07) is 13.4. The van der Waals surface area contributed by atoms with Gasteiger partial charge in [-0.05, 0) is 116 Å². The van der Waals surface area contributed by atoms with E-state index >= 15 is 0 Å². The molecular weight excluding hydrogens is 552 g/mol. The van der Waals surface area contributed by atoms with Crippen LogP contribution in [0.5, 0.6) is 5.75 Å². The summed E-state index contributed by atoms with van der Waals surface area (Å²) in [5.41, 5.74) is 10.7. The van der Waals surface area contributed by atoms with Crippen molar-refractivity contribution in [1.82, 2.24) is 19.1 Å². The number of hydrogen-bond donors (Lipinski definition) is 1. The van der Waals surface area contributed by atoms with Crippen molar-refractivity contribution in [1.29, 1.82) is 0 Å². The van der Waals surface area contributed by atoms with E-state index in [9.17, 15) is 4.79 Å². The molecule has 2 aliphatic carbocycles. The molecule has 0 radical (unpaired) electrons. The molecule has 0 saturated heterocycles. The van der Waals surface area contributed by atoms with Gasteiger partial charge in [-0.3, -0.25) is 14.2 Å². The van der Waals surface area contributed by atoms with Gasteiger partial charge in [0.1, 0.15) is 5.75 Å². The smallest absolute Gasteiger partial charge is 0.261 e. The Morgan fingerprint density at radius 1 is 1.02 bits per heavy atom. The number of ether oxygens (including phenoxy) is 1. The molecule has 2 aromatic heterocycles. The number of carbonyl (C=O) groups is 1. The summed E-state index contributed by atoms with van der Waals surface area (Å²) in [5, 5.41) is 6.49. The molecule has 1 N–H and O–H groups in total. The molecule has 0 spiro atoms. The number of fused-ring (bicyclic) bond motifs is 5. The Bertz CT molecular complexity index is 1720. The Morgan fingerprint density at radius 2 is 1.84 bits per heavy atom. The van der Waals surface area contributed by atoms with Crippen LogP contribution < -0.4 is 9.46 Å². The van der Waals surface area contributed by atoms with Crippen molar-refractivity contribution in [2.45, 2.75) is 95.9 Å². The molecule has 0 unspecified atom stereocenters. The maximum Gasteiger partial charge on any atom is 0.261 e. The van der Waals surface area contributed by atoms with E-state index in [2.05, 4.69) is 71.2 Å². The Balaban J connectivity index is 1.47. The van der Waals surface area contributed by atoms with Crippen molar-refractivity contribution in [3.63, 3.8) is 0 Å². The maximum atomic E-state index is 13.3. The minimum absolute atomic E-state index is 0.0382. The van der Waals surface area contributed by atoms with Gasteiger partial charge in [0, 0.05) is 27.3 Å². The normalized spacial score (nSPS) is 17.3. The van der Waals surface area contributed by atoms with E-state index in [4.69, 9.17) is 9.84 Å². The monoisotopic (exact) mass is 594 g/mol. The van der Waals surface area contributed by atoms with E-state index in [1.54, 1.807) is 7.11 Å². The third-order valence-corrected chi connectivity index (χ3v) is 10.4. The van der Waals surface area contributed by atoms with Crippen LogP contribution in [0.2, 0.25) is 0 Å². The SMILES string of the molecule is COc1ccc2c(c1)C=C(c1c(C)cnn1C1CCC1)Cn1c-2c(C2CCCCC2)c2ccc(C(=O)NSC(C)C)cc21. The van der Waals surface area contributed by atoms with Crippen LogP contribution >= 0.6 is 11.9 Å². The lowest BCUT2D eigenvalue weighted by Gasteiger charge is -2.28. The molecule has 3 heterocycles. The van der Waals surface area contributed by atoms with Crippen molar-refractivity contribution >= 4 is 40.4 Å². The molecule has 1 amide bonds. The zero-order chi connectivity index (χ0) is 29.7. The molecule has 43 heavy (non-hydrogen) atoms. The molecule has 2 aromatic carbocycles. The van der Waals surface area contributed by atoms with Crippen LogP contribution in [0, 0.1) is 6.92 Å². The Kier molecular flexibility index (Phi) is 7.62. The molecule has 224 valence electrons. The lowest BCUT2D eigenvalue weighted by atomic mass is 9.81. The molecule has 4 aromatic rings. The van der Waals surface area contributed by atoms with Crippen LogP contribution in [-0.4, -0.2) is 32.6 Å². The van der Waals surface area contributed by atoms with Gasteiger partial charge in [-0.25, -0.2) is 0 Å². The molecule has 2 fully saturated rings. The standard InChI is InChI=1S/C36H42N4O2S/c1-22(2)43-38-36(41)25-13-15-31-32(19-25)39-21-27(34-23(3)20-37-40(34)28-11-8-12-28)17-26-18-29(42-4)14-16-30(26)35(39)33(31)24-9-6-5-7-10-24/h13-20,22,24,28H,5-12,21H2,1-4H3,(H,38,41). The fourth-order valence-corrected chi connectivity index (χ4v) is 7.77. The number of amides is 1. The first-order valence-corrected chi connectivity index (χ1v) is 16.9. The van der Waals surface area contributed by atoms with Crippen LogP contribution in [0.25, 0.3) is 33.8 Å². The molecule has 2 saturated carbocycles. The molecule has 3 aliphatic rings. The Hall–Kier alpha value is -3.45. The zero-order valence-corrected chi connectivity index (χ0v) is 26.6. The number of benzene rings is 2. The highest BCUT2D eigenvalue weighted by molar-refractivity contribution is 7.98. The number of nitrogens with zero attached hydrogens (tertiary/aromatic N) is 3. The van der Waals surface area contributed by atoms with Gasteiger partial charge in [-0.2, -0.15) is 5.10 Å². The molecule has 0 bridgehead atoms. The van der Waals surface area contributed by atoms with Gasteiger partial charge in [0.25, 0.3) is 5.91 Å². The number of rotatable bonds is 7. The highest BCUT2D eigenvalue weighted by atomic mass is 32.2. The van der Waals surface area contributed by atoms with Crippen molar-refractivity contribution in [2.24, 2.45) is 0 Å². The summed E-state index contributed by atoms with van der Waals surface area (Å²) in [6.07, 6.45) is 14.3. The van der Waals surface area contributed by atoms with Gasteiger partial charge in [0.15, 0.2) is 0 Å². The predicted octanol–water partition coefficient (Wildman–Crippen LogP) is 8.94. The fourth-order valence-electron chi connectivity index (χ4n) is 7.31. The summed E-state index contributed by atoms with van der Waals surface area (Å²) in [7, 11) is 1.74. The lowest BCUT2D eigenvalue weighted by Crippen LogP contribution is -2.21. The highest BCUT2D eigenvalue weighted by Crippen LogP contribution is 2.48. The summed E-state index contributed by atoms with van der Waals surface area (Å²) >= 11 is 1.47. The van der Waals surface area contributed by atoms with E-state index in [-0.39, 0.29) is 5.91 Å². The number of allylic oxidation sites excluding steroid dienone is 1. The van der Waals surface area contributed by atoms with Gasteiger partial charge < -0.3 is 9.30 Å². The van der Waals surface area contributed by atoms with E-state index in [0.29, 0.717) is 22.8 Å². The van der Waals surface area contributed by atoms with E-state index in [1.165, 1.54) is 108 Å². The highest BCUT2D eigenvalue weighted by Gasteiger charge is 2.32. The Labute approximate surface area is 259 Å². The van der Waals surface area contributed by atoms with Crippen molar-refractivity contribution < 1.29 is 9.53 Å². The largest absolute Gasteiger partial charge is 0.497 e. The molecule has 6 nitrogen and oxygen atoms in total. The second-order valence-electron chi connectivity index (χ2n) is 12.8. The number of nitrogens with one attached hydrogen (secondary N) is 1. The van der Waals surface area contributed by atoms with Crippen molar-refractivity contribution in [2.75, 3.05) is 7.11 Å². The molecule has 7 heteroatoms. The molecule has 7 rings (SSSR count). The summed E-state index contributed by atoms with van der Waals surface area (Å²) in [5.74, 6) is 1.33. The van der Waals surface area contributed by atoms with Gasteiger partial charge in [-0.15, -0.1) is 0 Å². The number of hydrogen-bond acceptors (Lipinski definition) is 4. The minimum Gasteiger partial charge on any atom is -0.497 e. The van der Waals surface area contributed by atoms with E-state index < -0.39 is 0 Å². The second-order valence-corrected chi connectivity index (χ2v) is 14.2. The first-order valence-electron chi connectivity index (χ1n) is 16.0. The fraction of sp³-hybridized carbons (Fsp3) is 0.444. The summed E-state index contributed by atoms with van der Waals surface area (Å²) < 4.78 is 13.6. The van der Waals surface area contributed by atoms with Crippen LogP contribution in [0.4, 0.5) is 0 Å². The third kappa shape index (κ3) is 5.09. The molecular formula is C36H42N4O2S. The lowest BCUT2D eigenvalue weighted by molar-refractivity contribution is 0.0984. The molecule has 1 aliphatic heterocycles. The Morgan fingerprint density at radius 3 is 2.56 bits per heavy atom. The third-order valence-electron chi connectivity index (χ3n) is 9.64. The van der Waals surface area contributed by atoms with Crippen molar-refractivity contribution in [3.05, 3.63) is 70.5 Å².